The number of hydrogen-bond acceptors (Lipinski definition) is 6. The molecule has 8 heteroatoms. The molecule has 0 aromatic heterocycles. The molecule has 2 amide bonds. The van der Waals surface area contributed by atoms with Crippen LogP contribution in [0.4, 0.5) is 10.5 Å². The third kappa shape index (κ3) is 9.12. The molecule has 0 bridgehead atoms. The van der Waals surface area contributed by atoms with Crippen molar-refractivity contribution in [2.24, 2.45) is 0 Å². The lowest BCUT2D eigenvalue weighted by molar-refractivity contribution is 0.0813. The number of ether oxygens (including phenoxy) is 1. The van der Waals surface area contributed by atoms with Gasteiger partial charge in [0, 0.05) is 11.6 Å². The van der Waals surface area contributed by atoms with E-state index in [0.717, 1.165) is 16.7 Å². The van der Waals surface area contributed by atoms with Crippen LogP contribution in [0.5, 0.6) is 5.75 Å². The maximum Gasteiger partial charge on any atom is 0.407 e. The minimum Gasteiger partial charge on any atom is -0.506 e. The van der Waals surface area contributed by atoms with Gasteiger partial charge in [0.05, 0.1) is 17.8 Å². The quantitative estimate of drug-likeness (QED) is 0.129. The maximum atomic E-state index is 13.1. The van der Waals surface area contributed by atoms with Crippen LogP contribution in [0, 0.1) is 0 Å². The molecule has 0 spiro atoms. The average Bonchev–Trinajstić information content (AvgIpc) is 2.98. The van der Waals surface area contributed by atoms with Crippen molar-refractivity contribution in [2.75, 3.05) is 5.73 Å². The third-order valence-electron chi connectivity index (χ3n) is 6.76. The lowest BCUT2D eigenvalue weighted by atomic mass is 9.93. The minimum absolute atomic E-state index is 0.0992. The Labute approximate surface area is 239 Å². The summed E-state index contributed by atoms with van der Waals surface area (Å²) in [6.45, 7) is 0.0992. The van der Waals surface area contributed by atoms with Crippen molar-refractivity contribution in [3.8, 4) is 5.75 Å². The number of anilines is 1. The van der Waals surface area contributed by atoms with Crippen LogP contribution in [0.2, 0.25) is 0 Å². The van der Waals surface area contributed by atoms with Crippen LogP contribution in [0.1, 0.15) is 33.5 Å². The normalized spacial score (nSPS) is 13.0. The highest BCUT2D eigenvalue weighted by atomic mass is 16.5. The molecule has 4 aromatic rings. The smallest absolute Gasteiger partial charge is 0.407 e. The van der Waals surface area contributed by atoms with Crippen LogP contribution >= 0.6 is 0 Å². The van der Waals surface area contributed by atoms with Crippen molar-refractivity contribution >= 4 is 17.7 Å². The van der Waals surface area contributed by atoms with Gasteiger partial charge >= 0.3 is 6.09 Å². The van der Waals surface area contributed by atoms with E-state index in [1.165, 1.54) is 18.2 Å². The molecular formula is C33H35N3O5. The van der Waals surface area contributed by atoms with Crippen molar-refractivity contribution in [2.45, 2.75) is 44.1 Å². The van der Waals surface area contributed by atoms with Crippen molar-refractivity contribution in [1.82, 2.24) is 10.6 Å². The number of nitrogens with one attached hydrogen (secondary N) is 2. The number of hydrogen-bond donors (Lipinski definition) is 5. The molecule has 41 heavy (non-hydrogen) atoms. The molecule has 0 unspecified atom stereocenters. The summed E-state index contributed by atoms with van der Waals surface area (Å²) in [5.74, 6) is -0.596. The average molecular weight is 554 g/mol. The summed E-state index contributed by atoms with van der Waals surface area (Å²) in [7, 11) is 0. The number of alkyl carbamates (subject to hydrolysis) is 1. The van der Waals surface area contributed by atoms with Gasteiger partial charge in [-0.25, -0.2) is 4.79 Å². The largest absolute Gasteiger partial charge is 0.506 e. The van der Waals surface area contributed by atoms with Crippen LogP contribution in [0.3, 0.4) is 0 Å². The zero-order valence-corrected chi connectivity index (χ0v) is 22.6. The summed E-state index contributed by atoms with van der Waals surface area (Å²) < 4.78 is 5.43. The fourth-order valence-corrected chi connectivity index (χ4v) is 4.57. The Balaban J connectivity index is 1.49. The third-order valence-corrected chi connectivity index (χ3v) is 6.76. The van der Waals surface area contributed by atoms with E-state index < -0.39 is 30.2 Å². The molecule has 4 rings (SSSR count). The molecule has 212 valence electrons. The number of carbonyl (C=O) groups is 2. The number of nitrogens with two attached hydrogens (primary N) is 1. The fourth-order valence-electron chi connectivity index (χ4n) is 4.57. The van der Waals surface area contributed by atoms with Crippen LogP contribution in [-0.2, 0) is 24.2 Å². The Morgan fingerprint density at radius 3 is 1.90 bits per heavy atom. The summed E-state index contributed by atoms with van der Waals surface area (Å²) in [6, 6.07) is 31.6. The first-order valence-electron chi connectivity index (χ1n) is 13.5. The highest BCUT2D eigenvalue weighted by Gasteiger charge is 2.27. The molecule has 0 saturated heterocycles. The Morgan fingerprint density at radius 2 is 1.32 bits per heavy atom. The monoisotopic (exact) mass is 553 g/mol. The van der Waals surface area contributed by atoms with E-state index in [-0.39, 0.29) is 30.0 Å². The highest BCUT2D eigenvalue weighted by Crippen LogP contribution is 2.21. The second-order valence-corrected chi connectivity index (χ2v) is 9.94. The second-order valence-electron chi connectivity index (χ2n) is 9.94. The first kappa shape index (κ1) is 29.2. The molecule has 0 saturated carbocycles. The van der Waals surface area contributed by atoms with Crippen molar-refractivity contribution in [3.63, 3.8) is 0 Å². The Bertz CT molecular complexity index is 1400. The van der Waals surface area contributed by atoms with Gasteiger partial charge in [0.2, 0.25) is 0 Å². The van der Waals surface area contributed by atoms with Crippen molar-refractivity contribution in [1.29, 1.82) is 0 Å². The molecule has 0 aliphatic rings. The molecule has 0 heterocycles. The fraction of sp³-hybridized carbons (Fsp3) is 0.212. The summed E-state index contributed by atoms with van der Waals surface area (Å²) in [6.07, 6.45) is -0.706. The predicted octanol–water partition coefficient (Wildman–Crippen LogP) is 4.60. The van der Waals surface area contributed by atoms with E-state index in [1.54, 1.807) is 0 Å². The van der Waals surface area contributed by atoms with Crippen molar-refractivity contribution in [3.05, 3.63) is 131 Å². The number of phenolic OH excluding ortho intramolecular Hbond substituents is 1. The van der Waals surface area contributed by atoms with E-state index in [4.69, 9.17) is 10.5 Å². The number of rotatable bonds is 12. The van der Waals surface area contributed by atoms with Crippen LogP contribution in [-0.4, -0.2) is 40.4 Å². The van der Waals surface area contributed by atoms with Crippen LogP contribution in [0.15, 0.2) is 109 Å². The molecule has 0 aliphatic heterocycles. The number of carbonyl (C=O) groups excluding carboxylic acids is 2. The minimum atomic E-state index is -1.02. The standard InChI is InChI=1S/C33H35N3O5/c34-28-17-16-26(20-30(28)37)32(39)35-27(18-23-10-4-1-5-11-23)21-31(38)29(19-24-12-6-2-7-13-24)36-33(40)41-22-25-14-8-3-9-15-25/h1-17,20,27,29,31,37-38H,18-19,21-22,34H2,(H,35,39)(H,36,40)/t27-,29-,31-/m0/s1. The van der Waals surface area contributed by atoms with Crippen LogP contribution < -0.4 is 16.4 Å². The van der Waals surface area contributed by atoms with Gasteiger partial charge < -0.3 is 31.3 Å². The van der Waals surface area contributed by atoms with E-state index >= 15 is 0 Å². The molecule has 3 atom stereocenters. The number of aliphatic hydroxyl groups excluding tert-OH is 1. The first-order valence-corrected chi connectivity index (χ1v) is 13.5. The van der Waals surface area contributed by atoms with Gasteiger partial charge in [-0.15, -0.1) is 0 Å². The number of nitrogen functional groups attached to an aromatic ring is 1. The Hall–Kier alpha value is -4.82. The summed E-state index contributed by atoms with van der Waals surface area (Å²) >= 11 is 0. The zero-order valence-electron chi connectivity index (χ0n) is 22.6. The molecule has 6 N–H and O–H groups in total. The number of phenols is 1. The lowest BCUT2D eigenvalue weighted by Gasteiger charge is -2.28. The number of aliphatic hydroxyl groups is 1. The molecule has 0 fully saturated rings. The Kier molecular flexibility index (Phi) is 10.3. The summed E-state index contributed by atoms with van der Waals surface area (Å²) in [5.41, 5.74) is 8.86. The van der Waals surface area contributed by atoms with E-state index in [2.05, 4.69) is 10.6 Å². The highest BCUT2D eigenvalue weighted by molar-refractivity contribution is 5.95. The van der Waals surface area contributed by atoms with E-state index in [9.17, 15) is 19.8 Å². The van der Waals surface area contributed by atoms with Crippen LogP contribution in [0.25, 0.3) is 0 Å². The molecule has 4 aromatic carbocycles. The number of benzene rings is 4. The molecule has 0 radical (unpaired) electrons. The van der Waals surface area contributed by atoms with Crippen molar-refractivity contribution < 1.29 is 24.5 Å². The number of aromatic hydroxyl groups is 1. The first-order chi connectivity index (χ1) is 19.9. The van der Waals surface area contributed by atoms with Gasteiger partial charge in [-0.05, 0) is 54.2 Å². The lowest BCUT2D eigenvalue weighted by Crippen LogP contribution is -2.48. The van der Waals surface area contributed by atoms with Gasteiger partial charge in [-0.2, -0.15) is 0 Å². The number of amides is 2. The molecular weight excluding hydrogens is 518 g/mol. The second kappa shape index (κ2) is 14.5. The molecule has 8 nitrogen and oxygen atoms in total. The topological polar surface area (TPSA) is 134 Å². The SMILES string of the molecule is Nc1ccc(C(=O)N[C@@H](Cc2ccccc2)C[C@H](O)[C@H](Cc2ccccc2)NC(=O)OCc2ccccc2)cc1O. The van der Waals surface area contributed by atoms with Gasteiger partial charge in [-0.1, -0.05) is 91.0 Å². The van der Waals surface area contributed by atoms with Gasteiger partial charge in [0.1, 0.15) is 12.4 Å². The van der Waals surface area contributed by atoms with E-state index in [0.29, 0.717) is 12.8 Å². The maximum absolute atomic E-state index is 13.1. The summed E-state index contributed by atoms with van der Waals surface area (Å²) in [5, 5.41) is 27.2. The molecule has 0 aliphatic carbocycles. The van der Waals surface area contributed by atoms with E-state index in [1.807, 2.05) is 91.0 Å². The van der Waals surface area contributed by atoms with Gasteiger partial charge in [0.15, 0.2) is 0 Å². The predicted molar refractivity (Wildman–Crippen MR) is 158 cm³/mol. The van der Waals surface area contributed by atoms with Gasteiger partial charge in [0.25, 0.3) is 5.91 Å². The summed E-state index contributed by atoms with van der Waals surface area (Å²) in [4.78, 5) is 25.9. The zero-order chi connectivity index (χ0) is 29.0. The van der Waals surface area contributed by atoms with Gasteiger partial charge in [-0.3, -0.25) is 4.79 Å². The Morgan fingerprint density at radius 1 is 0.756 bits per heavy atom.